The number of hydrogen-bond donors (Lipinski definition) is 3. The molecule has 4 aromatic rings. The molecule has 3 N–H and O–H groups in total. The summed E-state index contributed by atoms with van der Waals surface area (Å²) in [5.74, 6) is -1.02. The number of nitrogens with one attached hydrogen (secondary N) is 3. The van der Waals surface area contributed by atoms with E-state index in [0.717, 1.165) is 40.7 Å². The van der Waals surface area contributed by atoms with E-state index in [1.807, 2.05) is 49.4 Å². The molecular formula is C25H22N6O4. The fraction of sp³-hybridized carbons (Fsp3) is 0.200. The van der Waals surface area contributed by atoms with Gasteiger partial charge in [0.25, 0.3) is 11.8 Å². The molecule has 0 saturated carbocycles. The standard InChI is InChI=1S/C25H22N6O4/c1-14-3-2-4-15(9-14)12-26-23(32)20-11-21(28-13-27-20)24(33)29-19-8-6-16-10-17(5-7-18(16)19)22-30-25(34)35-31-22/h2-5,7,9-11,13,19H,6,8,12H2,1H3,(H,26,32)(H,29,33)(H,30,31,34)/t19-/m0/s1. The average molecular weight is 470 g/mol. The van der Waals surface area contributed by atoms with Crippen LogP contribution in [0.3, 0.4) is 0 Å². The molecule has 0 bridgehead atoms. The van der Waals surface area contributed by atoms with Crippen LogP contribution in [0.2, 0.25) is 0 Å². The summed E-state index contributed by atoms with van der Waals surface area (Å²) in [4.78, 5) is 47.3. The number of aromatic nitrogens is 4. The van der Waals surface area contributed by atoms with Gasteiger partial charge in [0.2, 0.25) is 0 Å². The second-order valence-corrected chi connectivity index (χ2v) is 8.38. The molecule has 176 valence electrons. The number of amides is 2. The van der Waals surface area contributed by atoms with Crippen molar-refractivity contribution in [2.45, 2.75) is 32.4 Å². The first kappa shape index (κ1) is 22.2. The third-order valence-corrected chi connectivity index (χ3v) is 5.91. The van der Waals surface area contributed by atoms with Crippen molar-refractivity contribution in [1.82, 2.24) is 30.7 Å². The Hall–Kier alpha value is -4.60. The number of H-pyrrole nitrogens is 1. The Balaban J connectivity index is 1.25. The van der Waals surface area contributed by atoms with E-state index in [0.29, 0.717) is 12.4 Å². The van der Waals surface area contributed by atoms with Gasteiger partial charge in [-0.3, -0.25) is 19.1 Å². The van der Waals surface area contributed by atoms with Crippen LogP contribution < -0.4 is 16.4 Å². The lowest BCUT2D eigenvalue weighted by molar-refractivity contribution is 0.0931. The van der Waals surface area contributed by atoms with Gasteiger partial charge >= 0.3 is 5.76 Å². The maximum Gasteiger partial charge on any atom is 0.439 e. The van der Waals surface area contributed by atoms with E-state index in [-0.39, 0.29) is 29.2 Å². The molecule has 2 aromatic carbocycles. The van der Waals surface area contributed by atoms with Gasteiger partial charge in [0.15, 0.2) is 5.82 Å². The summed E-state index contributed by atoms with van der Waals surface area (Å²) in [6.07, 6.45) is 2.69. The maximum absolute atomic E-state index is 12.9. The molecule has 0 saturated heterocycles. The minimum absolute atomic E-state index is 0.117. The minimum atomic E-state index is -0.612. The van der Waals surface area contributed by atoms with E-state index in [1.165, 1.54) is 12.4 Å². The van der Waals surface area contributed by atoms with Gasteiger partial charge in [-0.2, -0.15) is 0 Å². The number of nitrogens with zero attached hydrogens (tertiary/aromatic N) is 3. The van der Waals surface area contributed by atoms with Crippen LogP contribution in [-0.4, -0.2) is 31.9 Å². The SMILES string of the molecule is Cc1cccc(CNC(=O)c2cc(C(=O)N[C@H]3CCc4cc(-c5noc(=O)[nH]5)ccc43)ncn2)c1. The highest BCUT2D eigenvalue weighted by molar-refractivity contribution is 5.97. The number of rotatable bonds is 6. The first-order valence-corrected chi connectivity index (χ1v) is 11.1. The van der Waals surface area contributed by atoms with Crippen LogP contribution in [0, 0.1) is 6.92 Å². The molecule has 2 heterocycles. The van der Waals surface area contributed by atoms with E-state index >= 15 is 0 Å². The molecule has 0 fully saturated rings. The van der Waals surface area contributed by atoms with Crippen molar-refractivity contribution in [3.05, 3.63) is 99.1 Å². The van der Waals surface area contributed by atoms with Crippen LogP contribution in [-0.2, 0) is 13.0 Å². The summed E-state index contributed by atoms with van der Waals surface area (Å²) in [5.41, 5.74) is 5.09. The topological polar surface area (TPSA) is 143 Å². The smallest absolute Gasteiger partial charge is 0.347 e. The lowest BCUT2D eigenvalue weighted by atomic mass is 10.0. The number of carbonyl (C=O) groups is 2. The van der Waals surface area contributed by atoms with Gasteiger partial charge in [0, 0.05) is 18.2 Å². The zero-order valence-corrected chi connectivity index (χ0v) is 18.9. The normalized spacial score (nSPS) is 14.4. The molecule has 5 rings (SSSR count). The van der Waals surface area contributed by atoms with E-state index in [9.17, 15) is 14.4 Å². The Kier molecular flexibility index (Phi) is 5.92. The van der Waals surface area contributed by atoms with E-state index in [2.05, 4.69) is 35.3 Å². The summed E-state index contributed by atoms with van der Waals surface area (Å²) >= 11 is 0. The van der Waals surface area contributed by atoms with Crippen molar-refractivity contribution in [2.24, 2.45) is 0 Å². The van der Waals surface area contributed by atoms with E-state index in [1.54, 1.807) is 0 Å². The van der Waals surface area contributed by atoms with Gasteiger partial charge in [-0.05, 0) is 42.5 Å². The van der Waals surface area contributed by atoms with Crippen LogP contribution in [0.4, 0.5) is 0 Å². The number of hydrogen-bond acceptors (Lipinski definition) is 7. The molecule has 2 aromatic heterocycles. The zero-order valence-electron chi connectivity index (χ0n) is 18.9. The molecule has 1 aliphatic carbocycles. The van der Waals surface area contributed by atoms with Gasteiger partial charge in [-0.25, -0.2) is 14.8 Å². The highest BCUT2D eigenvalue weighted by Crippen LogP contribution is 2.33. The minimum Gasteiger partial charge on any atom is -0.347 e. The molecule has 2 amide bonds. The average Bonchev–Trinajstić information content (AvgIpc) is 3.48. The summed E-state index contributed by atoms with van der Waals surface area (Å²) < 4.78 is 4.57. The Bertz CT molecular complexity index is 1470. The highest BCUT2D eigenvalue weighted by Gasteiger charge is 2.26. The Labute approximate surface area is 199 Å². The second-order valence-electron chi connectivity index (χ2n) is 8.38. The number of fused-ring (bicyclic) bond motifs is 1. The Morgan fingerprint density at radius 1 is 1.09 bits per heavy atom. The van der Waals surface area contributed by atoms with E-state index in [4.69, 9.17) is 0 Å². The Morgan fingerprint density at radius 2 is 1.91 bits per heavy atom. The first-order chi connectivity index (χ1) is 17.0. The molecule has 0 aliphatic heterocycles. The van der Waals surface area contributed by atoms with Crippen LogP contribution in [0.25, 0.3) is 11.4 Å². The predicted octanol–water partition coefficient (Wildman–Crippen LogP) is 2.48. The van der Waals surface area contributed by atoms with Crippen molar-refractivity contribution >= 4 is 11.8 Å². The number of carbonyl (C=O) groups excluding carboxylic acids is 2. The summed E-state index contributed by atoms with van der Waals surface area (Å²) in [6.45, 7) is 2.34. The molecule has 0 unspecified atom stereocenters. The maximum atomic E-state index is 12.9. The second kappa shape index (κ2) is 9.34. The fourth-order valence-corrected chi connectivity index (χ4v) is 4.20. The molecule has 1 atom stereocenters. The summed E-state index contributed by atoms with van der Waals surface area (Å²) in [5, 5.41) is 9.53. The lowest BCUT2D eigenvalue weighted by Crippen LogP contribution is -2.29. The van der Waals surface area contributed by atoms with Gasteiger partial charge in [0.05, 0.1) is 6.04 Å². The van der Waals surface area contributed by atoms with Crippen molar-refractivity contribution in [3.8, 4) is 11.4 Å². The third-order valence-electron chi connectivity index (χ3n) is 5.91. The van der Waals surface area contributed by atoms with Gasteiger partial charge in [-0.15, -0.1) is 0 Å². The molecule has 35 heavy (non-hydrogen) atoms. The largest absolute Gasteiger partial charge is 0.439 e. The Morgan fingerprint density at radius 3 is 2.69 bits per heavy atom. The van der Waals surface area contributed by atoms with Crippen LogP contribution in [0.15, 0.2) is 64.2 Å². The molecular weight excluding hydrogens is 448 g/mol. The monoisotopic (exact) mass is 470 g/mol. The fourth-order valence-electron chi connectivity index (χ4n) is 4.20. The van der Waals surface area contributed by atoms with Gasteiger partial charge in [-0.1, -0.05) is 47.1 Å². The number of aryl methyl sites for hydroxylation is 2. The third kappa shape index (κ3) is 4.86. The van der Waals surface area contributed by atoms with Gasteiger partial charge < -0.3 is 10.6 Å². The van der Waals surface area contributed by atoms with Crippen LogP contribution in [0.5, 0.6) is 0 Å². The van der Waals surface area contributed by atoms with E-state index < -0.39 is 5.76 Å². The summed E-state index contributed by atoms with van der Waals surface area (Å²) in [7, 11) is 0. The molecule has 0 spiro atoms. The lowest BCUT2D eigenvalue weighted by Gasteiger charge is -2.14. The zero-order chi connectivity index (χ0) is 24.4. The highest BCUT2D eigenvalue weighted by atomic mass is 16.5. The molecule has 0 radical (unpaired) electrons. The number of aromatic amines is 1. The first-order valence-electron chi connectivity index (χ1n) is 11.1. The van der Waals surface area contributed by atoms with Crippen LogP contribution in [0.1, 0.15) is 55.7 Å². The molecule has 10 heteroatoms. The molecule has 1 aliphatic rings. The molecule has 10 nitrogen and oxygen atoms in total. The summed E-state index contributed by atoms with van der Waals surface area (Å²) in [6, 6.07) is 14.7. The quantitative estimate of drug-likeness (QED) is 0.393. The van der Waals surface area contributed by atoms with Crippen LogP contribution >= 0.6 is 0 Å². The van der Waals surface area contributed by atoms with Crippen molar-refractivity contribution < 1.29 is 14.1 Å². The van der Waals surface area contributed by atoms with Gasteiger partial charge in [0.1, 0.15) is 17.7 Å². The van der Waals surface area contributed by atoms with Crippen molar-refractivity contribution in [1.29, 1.82) is 0 Å². The predicted molar refractivity (Wildman–Crippen MR) is 125 cm³/mol. The number of benzene rings is 2. The van der Waals surface area contributed by atoms with Crippen molar-refractivity contribution in [2.75, 3.05) is 0 Å². The van der Waals surface area contributed by atoms with Crippen molar-refractivity contribution in [3.63, 3.8) is 0 Å².